The molecule has 1 saturated heterocycles. The van der Waals surface area contributed by atoms with Crippen molar-refractivity contribution in [2.75, 3.05) is 13.1 Å². The molecule has 2 aromatic carbocycles. The Morgan fingerprint density at radius 2 is 1.97 bits per heavy atom. The molecule has 0 saturated carbocycles. The molecule has 2 heterocycles. The number of hydrogen-bond acceptors (Lipinski definition) is 3. The molecule has 29 heavy (non-hydrogen) atoms. The van der Waals surface area contributed by atoms with E-state index in [-0.39, 0.29) is 0 Å². The highest BCUT2D eigenvalue weighted by molar-refractivity contribution is 5.95. The summed E-state index contributed by atoms with van der Waals surface area (Å²) in [5, 5.41) is 9.42. The highest BCUT2D eigenvalue weighted by Gasteiger charge is 2.21. The standard InChI is InChI=1S/C24H27N3O2/c1-26-14-12-25-23(26)15-19-5-4-13-27(17-19)16-18-8-10-20(11-9-18)21-6-2-3-7-22(21)24(28)29/h2-3,6-12,14,19H,4-5,13,15-17H2,1H3,(H,28,29)/t19-/m1/s1. The van der Waals surface area contributed by atoms with Crippen LogP contribution in [0.3, 0.4) is 0 Å². The lowest BCUT2D eigenvalue weighted by molar-refractivity contribution is 0.0697. The summed E-state index contributed by atoms with van der Waals surface area (Å²) in [7, 11) is 2.06. The number of benzene rings is 2. The minimum atomic E-state index is -0.892. The van der Waals surface area contributed by atoms with Crippen molar-refractivity contribution >= 4 is 5.97 Å². The summed E-state index contributed by atoms with van der Waals surface area (Å²) in [5.41, 5.74) is 3.31. The lowest BCUT2D eigenvalue weighted by Crippen LogP contribution is -2.36. The van der Waals surface area contributed by atoms with E-state index in [2.05, 4.69) is 33.6 Å². The number of nitrogens with zero attached hydrogens (tertiary/aromatic N) is 3. The molecule has 1 fully saturated rings. The first-order valence-corrected chi connectivity index (χ1v) is 10.2. The molecule has 0 unspecified atom stereocenters. The van der Waals surface area contributed by atoms with Crippen LogP contribution in [0.15, 0.2) is 60.9 Å². The fraction of sp³-hybridized carbons (Fsp3) is 0.333. The Labute approximate surface area is 171 Å². The minimum Gasteiger partial charge on any atom is -0.478 e. The van der Waals surface area contributed by atoms with Gasteiger partial charge in [0, 0.05) is 39.0 Å². The molecule has 0 spiro atoms. The number of piperidine rings is 1. The first kappa shape index (κ1) is 19.4. The number of carbonyl (C=O) groups is 1. The van der Waals surface area contributed by atoms with E-state index in [9.17, 15) is 9.90 Å². The van der Waals surface area contributed by atoms with Crippen molar-refractivity contribution in [3.63, 3.8) is 0 Å². The molecule has 1 aromatic heterocycles. The van der Waals surface area contributed by atoms with Crippen molar-refractivity contribution in [2.24, 2.45) is 13.0 Å². The molecule has 0 radical (unpaired) electrons. The second kappa shape index (κ2) is 8.62. The molecule has 0 aliphatic carbocycles. The lowest BCUT2D eigenvalue weighted by Gasteiger charge is -2.32. The Hall–Kier alpha value is -2.92. The smallest absolute Gasteiger partial charge is 0.336 e. The maximum Gasteiger partial charge on any atom is 0.336 e. The molecule has 5 nitrogen and oxygen atoms in total. The maximum absolute atomic E-state index is 11.5. The summed E-state index contributed by atoms with van der Waals surface area (Å²) in [5.74, 6) is 0.918. The molecule has 150 valence electrons. The zero-order valence-electron chi connectivity index (χ0n) is 16.8. The highest BCUT2D eigenvalue weighted by atomic mass is 16.4. The van der Waals surface area contributed by atoms with Crippen LogP contribution in [0, 0.1) is 5.92 Å². The van der Waals surface area contributed by atoms with E-state index in [0.29, 0.717) is 11.5 Å². The van der Waals surface area contributed by atoms with E-state index in [1.807, 2.05) is 36.7 Å². The monoisotopic (exact) mass is 389 g/mol. The molecule has 1 aliphatic rings. The second-order valence-electron chi connectivity index (χ2n) is 7.95. The SMILES string of the molecule is Cn1ccnc1C[C@H]1CCCN(Cc2ccc(-c3ccccc3C(=O)O)cc2)C1. The summed E-state index contributed by atoms with van der Waals surface area (Å²) in [6.07, 6.45) is 7.40. The first-order valence-electron chi connectivity index (χ1n) is 10.2. The van der Waals surface area contributed by atoms with E-state index >= 15 is 0 Å². The highest BCUT2D eigenvalue weighted by Crippen LogP contribution is 2.26. The quantitative estimate of drug-likeness (QED) is 0.685. The molecule has 1 aliphatic heterocycles. The van der Waals surface area contributed by atoms with Crippen molar-refractivity contribution in [3.05, 3.63) is 77.9 Å². The van der Waals surface area contributed by atoms with Crippen LogP contribution in [0.25, 0.3) is 11.1 Å². The second-order valence-corrected chi connectivity index (χ2v) is 7.95. The Kier molecular flexibility index (Phi) is 5.76. The number of imidazole rings is 1. The van der Waals surface area contributed by atoms with Gasteiger partial charge in [-0.3, -0.25) is 4.90 Å². The van der Waals surface area contributed by atoms with Crippen molar-refractivity contribution < 1.29 is 9.90 Å². The van der Waals surface area contributed by atoms with Crippen LogP contribution in [0.2, 0.25) is 0 Å². The number of aromatic carboxylic acids is 1. The predicted molar refractivity (Wildman–Crippen MR) is 114 cm³/mol. The summed E-state index contributed by atoms with van der Waals surface area (Å²) < 4.78 is 2.12. The fourth-order valence-electron chi connectivity index (χ4n) is 4.28. The fourth-order valence-corrected chi connectivity index (χ4v) is 4.28. The van der Waals surface area contributed by atoms with Gasteiger partial charge in [-0.1, -0.05) is 42.5 Å². The molecular formula is C24H27N3O2. The summed E-state index contributed by atoms with van der Waals surface area (Å²) in [6, 6.07) is 15.5. The number of carboxylic acid groups (broad SMARTS) is 1. The third-order valence-electron chi connectivity index (χ3n) is 5.82. The van der Waals surface area contributed by atoms with Gasteiger partial charge in [-0.2, -0.15) is 0 Å². The topological polar surface area (TPSA) is 58.4 Å². The predicted octanol–water partition coefficient (Wildman–Crippen LogP) is 4.24. The molecular weight excluding hydrogens is 362 g/mol. The van der Waals surface area contributed by atoms with Crippen LogP contribution in [0.1, 0.15) is 34.6 Å². The summed E-state index contributed by atoms with van der Waals surface area (Å²) in [4.78, 5) is 18.5. The molecule has 0 bridgehead atoms. The third-order valence-corrected chi connectivity index (χ3v) is 5.82. The Bertz CT molecular complexity index is 978. The van der Waals surface area contributed by atoms with Crippen LogP contribution in [-0.4, -0.2) is 38.6 Å². The van der Waals surface area contributed by atoms with Crippen molar-refractivity contribution in [3.8, 4) is 11.1 Å². The average molecular weight is 389 g/mol. The average Bonchev–Trinajstić information content (AvgIpc) is 3.13. The normalized spacial score (nSPS) is 17.3. The van der Waals surface area contributed by atoms with E-state index in [1.165, 1.54) is 24.2 Å². The van der Waals surface area contributed by atoms with Crippen molar-refractivity contribution in [1.82, 2.24) is 14.5 Å². The molecule has 4 rings (SSSR count). The van der Waals surface area contributed by atoms with Gasteiger partial charge in [0.05, 0.1) is 5.56 Å². The summed E-state index contributed by atoms with van der Waals surface area (Å²) >= 11 is 0. The minimum absolute atomic E-state index is 0.341. The lowest BCUT2D eigenvalue weighted by atomic mass is 9.94. The maximum atomic E-state index is 11.5. The molecule has 1 N–H and O–H groups in total. The number of aromatic nitrogens is 2. The number of aryl methyl sites for hydroxylation is 1. The van der Waals surface area contributed by atoms with Gasteiger partial charge in [0.2, 0.25) is 0 Å². The van der Waals surface area contributed by atoms with E-state index in [1.54, 1.807) is 12.1 Å². The van der Waals surface area contributed by atoms with E-state index in [0.717, 1.165) is 37.2 Å². The Morgan fingerprint density at radius 3 is 2.69 bits per heavy atom. The number of likely N-dealkylation sites (tertiary alicyclic amines) is 1. The van der Waals surface area contributed by atoms with Crippen LogP contribution in [-0.2, 0) is 20.0 Å². The van der Waals surface area contributed by atoms with Gasteiger partial charge in [0.1, 0.15) is 5.82 Å². The largest absolute Gasteiger partial charge is 0.478 e. The van der Waals surface area contributed by atoms with E-state index < -0.39 is 5.97 Å². The molecule has 5 heteroatoms. The Balaban J connectivity index is 1.41. The number of hydrogen-bond donors (Lipinski definition) is 1. The summed E-state index contributed by atoms with van der Waals surface area (Å²) in [6.45, 7) is 3.15. The first-order chi connectivity index (χ1) is 14.1. The molecule has 0 amide bonds. The number of rotatable bonds is 6. The van der Waals surface area contributed by atoms with E-state index in [4.69, 9.17) is 0 Å². The van der Waals surface area contributed by atoms with Crippen molar-refractivity contribution in [2.45, 2.75) is 25.8 Å². The Morgan fingerprint density at radius 1 is 1.17 bits per heavy atom. The van der Waals surface area contributed by atoms with Gasteiger partial charge in [0.15, 0.2) is 0 Å². The number of carboxylic acids is 1. The van der Waals surface area contributed by atoms with Crippen molar-refractivity contribution in [1.29, 1.82) is 0 Å². The van der Waals surface area contributed by atoms with Gasteiger partial charge >= 0.3 is 5.97 Å². The molecule has 1 atom stereocenters. The van der Waals surface area contributed by atoms with Gasteiger partial charge in [-0.15, -0.1) is 0 Å². The van der Waals surface area contributed by atoms with Crippen LogP contribution in [0.5, 0.6) is 0 Å². The van der Waals surface area contributed by atoms with Crippen LogP contribution in [0.4, 0.5) is 0 Å². The van der Waals surface area contributed by atoms with Gasteiger partial charge < -0.3 is 9.67 Å². The van der Waals surface area contributed by atoms with Gasteiger partial charge in [-0.25, -0.2) is 9.78 Å². The third kappa shape index (κ3) is 4.57. The molecule has 3 aromatic rings. The van der Waals surface area contributed by atoms with Crippen LogP contribution >= 0.6 is 0 Å². The van der Waals surface area contributed by atoms with Gasteiger partial charge in [-0.05, 0) is 48.1 Å². The zero-order valence-corrected chi connectivity index (χ0v) is 16.8. The van der Waals surface area contributed by atoms with Gasteiger partial charge in [0.25, 0.3) is 0 Å². The zero-order chi connectivity index (χ0) is 20.2. The van der Waals surface area contributed by atoms with Crippen LogP contribution < -0.4 is 0 Å².